The average molecular weight is 332 g/mol. The van der Waals surface area contributed by atoms with Gasteiger partial charge in [-0.3, -0.25) is 9.78 Å². The van der Waals surface area contributed by atoms with Crippen molar-refractivity contribution in [3.05, 3.63) is 86.7 Å². The molecule has 1 aromatic carbocycles. The summed E-state index contributed by atoms with van der Waals surface area (Å²) in [5, 5.41) is 4.27. The molecule has 0 aliphatic carbocycles. The Morgan fingerprint density at radius 2 is 1.75 bits per heavy atom. The molecule has 0 unspecified atom stereocenters. The maximum Gasteiger partial charge on any atom is 0.291 e. The highest BCUT2D eigenvalue weighted by molar-refractivity contribution is 7.15. The van der Waals surface area contributed by atoms with Gasteiger partial charge in [-0.15, -0.1) is 5.10 Å². The van der Waals surface area contributed by atoms with Gasteiger partial charge in [0.25, 0.3) is 5.56 Å². The van der Waals surface area contributed by atoms with Gasteiger partial charge in [0.2, 0.25) is 4.96 Å². The highest BCUT2D eigenvalue weighted by atomic mass is 32.1. The Labute approximate surface area is 141 Å². The zero-order valence-corrected chi connectivity index (χ0v) is 13.4. The van der Waals surface area contributed by atoms with Crippen LogP contribution in [0.4, 0.5) is 0 Å². The summed E-state index contributed by atoms with van der Waals surface area (Å²) in [5.74, 6) is 0.526. The lowest BCUT2D eigenvalue weighted by atomic mass is 10.2. The summed E-state index contributed by atoms with van der Waals surface area (Å²) in [5.41, 5.74) is 1.83. The first-order chi connectivity index (χ1) is 11.8. The van der Waals surface area contributed by atoms with Crippen LogP contribution in [-0.4, -0.2) is 19.6 Å². The van der Waals surface area contributed by atoms with E-state index in [0.717, 1.165) is 11.1 Å². The molecule has 0 fully saturated rings. The van der Waals surface area contributed by atoms with E-state index in [1.807, 2.05) is 54.6 Å². The number of aromatic nitrogens is 4. The standard InChI is InChI=1S/C18H12N4OS/c23-17-15(12-14-8-10-19-11-9-14)24-18-20-16(21-22(17)18)7-6-13-4-2-1-3-5-13/h1-12H/b7-6+,15-12-. The first-order valence-corrected chi connectivity index (χ1v) is 8.16. The zero-order valence-electron chi connectivity index (χ0n) is 12.5. The van der Waals surface area contributed by atoms with Crippen LogP contribution in [0.2, 0.25) is 0 Å². The molecule has 3 heterocycles. The Balaban J connectivity index is 1.70. The molecule has 24 heavy (non-hydrogen) atoms. The minimum atomic E-state index is -0.154. The van der Waals surface area contributed by atoms with Gasteiger partial charge in [0.15, 0.2) is 5.82 Å². The van der Waals surface area contributed by atoms with Crippen molar-refractivity contribution in [2.75, 3.05) is 0 Å². The van der Waals surface area contributed by atoms with Crippen LogP contribution in [-0.2, 0) is 0 Å². The zero-order chi connectivity index (χ0) is 16.4. The van der Waals surface area contributed by atoms with Crippen LogP contribution in [0.3, 0.4) is 0 Å². The van der Waals surface area contributed by atoms with Crippen molar-refractivity contribution in [2.24, 2.45) is 0 Å². The van der Waals surface area contributed by atoms with Crippen molar-refractivity contribution in [1.29, 1.82) is 0 Å². The van der Waals surface area contributed by atoms with Crippen molar-refractivity contribution in [2.45, 2.75) is 0 Å². The SMILES string of the molecule is O=c1/c(=C/c2ccncc2)sc2nc(/C=C/c3ccccc3)nn12. The predicted octanol–water partition coefficient (Wildman–Crippen LogP) is 2.26. The van der Waals surface area contributed by atoms with E-state index in [9.17, 15) is 4.79 Å². The molecule has 3 aromatic heterocycles. The molecule has 0 aliphatic heterocycles. The highest BCUT2D eigenvalue weighted by Crippen LogP contribution is 2.07. The largest absolute Gasteiger partial charge is 0.291 e. The fourth-order valence-corrected chi connectivity index (χ4v) is 3.18. The molecule has 0 radical (unpaired) electrons. The number of hydrogen-bond acceptors (Lipinski definition) is 5. The van der Waals surface area contributed by atoms with Crippen LogP contribution >= 0.6 is 11.3 Å². The average Bonchev–Trinajstić information content (AvgIpc) is 3.15. The van der Waals surface area contributed by atoms with Crippen molar-refractivity contribution in [3.8, 4) is 0 Å². The van der Waals surface area contributed by atoms with Gasteiger partial charge in [-0.25, -0.2) is 0 Å². The number of hydrogen-bond donors (Lipinski definition) is 0. The van der Waals surface area contributed by atoms with Gasteiger partial charge in [-0.1, -0.05) is 47.7 Å². The quantitative estimate of drug-likeness (QED) is 0.577. The second-order valence-electron chi connectivity index (χ2n) is 5.10. The van der Waals surface area contributed by atoms with Gasteiger partial charge >= 0.3 is 0 Å². The van der Waals surface area contributed by atoms with E-state index in [-0.39, 0.29) is 5.56 Å². The van der Waals surface area contributed by atoms with Gasteiger partial charge in [-0.2, -0.15) is 9.50 Å². The smallest absolute Gasteiger partial charge is 0.266 e. The number of benzene rings is 1. The summed E-state index contributed by atoms with van der Waals surface area (Å²) in [6.07, 6.45) is 8.94. The summed E-state index contributed by atoms with van der Waals surface area (Å²) >= 11 is 1.33. The lowest BCUT2D eigenvalue weighted by Crippen LogP contribution is -2.23. The summed E-state index contributed by atoms with van der Waals surface area (Å²) in [4.78, 5) is 21.4. The van der Waals surface area contributed by atoms with Gasteiger partial charge < -0.3 is 0 Å². The second-order valence-corrected chi connectivity index (χ2v) is 6.11. The van der Waals surface area contributed by atoms with Crippen molar-refractivity contribution < 1.29 is 0 Å². The van der Waals surface area contributed by atoms with Gasteiger partial charge in [-0.05, 0) is 35.4 Å². The summed E-state index contributed by atoms with van der Waals surface area (Å²) < 4.78 is 1.96. The topological polar surface area (TPSA) is 60.2 Å². The Kier molecular flexibility index (Phi) is 3.72. The molecule has 0 spiro atoms. The van der Waals surface area contributed by atoms with Gasteiger partial charge in [0.1, 0.15) is 0 Å². The first kappa shape index (κ1) is 14.5. The van der Waals surface area contributed by atoms with E-state index in [4.69, 9.17) is 0 Å². The number of thiazole rings is 1. The van der Waals surface area contributed by atoms with Gasteiger partial charge in [0, 0.05) is 12.4 Å². The minimum Gasteiger partial charge on any atom is -0.266 e. The Hall–Kier alpha value is -3.12. The molecular weight excluding hydrogens is 320 g/mol. The fraction of sp³-hybridized carbons (Fsp3) is 0. The molecule has 0 aliphatic rings. The summed E-state index contributed by atoms with van der Waals surface area (Å²) in [6, 6.07) is 13.6. The minimum absolute atomic E-state index is 0.154. The monoisotopic (exact) mass is 332 g/mol. The molecule has 0 saturated heterocycles. The second kappa shape index (κ2) is 6.17. The highest BCUT2D eigenvalue weighted by Gasteiger charge is 2.08. The third kappa shape index (κ3) is 2.87. The van der Waals surface area contributed by atoms with E-state index < -0.39 is 0 Å². The number of nitrogens with zero attached hydrogens (tertiary/aromatic N) is 4. The van der Waals surface area contributed by atoms with Crippen LogP contribution in [0.1, 0.15) is 17.0 Å². The van der Waals surface area contributed by atoms with Crippen molar-refractivity contribution in [1.82, 2.24) is 19.6 Å². The number of rotatable bonds is 3. The van der Waals surface area contributed by atoms with Crippen LogP contribution < -0.4 is 10.1 Å². The van der Waals surface area contributed by atoms with E-state index in [1.54, 1.807) is 18.5 Å². The van der Waals surface area contributed by atoms with Crippen LogP contribution in [0, 0.1) is 0 Å². The maximum absolute atomic E-state index is 12.4. The fourth-order valence-electron chi connectivity index (χ4n) is 2.27. The van der Waals surface area contributed by atoms with Crippen molar-refractivity contribution >= 4 is 34.5 Å². The maximum atomic E-state index is 12.4. The molecule has 0 amide bonds. The molecule has 5 nitrogen and oxygen atoms in total. The molecular formula is C18H12N4OS. The molecule has 116 valence electrons. The van der Waals surface area contributed by atoms with Crippen molar-refractivity contribution in [3.63, 3.8) is 0 Å². The first-order valence-electron chi connectivity index (χ1n) is 7.34. The normalized spacial score (nSPS) is 12.4. The molecule has 6 heteroatoms. The lowest BCUT2D eigenvalue weighted by molar-refractivity contribution is 0.925. The Morgan fingerprint density at radius 3 is 2.50 bits per heavy atom. The molecule has 0 saturated carbocycles. The van der Waals surface area contributed by atoms with Crippen LogP contribution in [0.5, 0.6) is 0 Å². The molecule has 0 bridgehead atoms. The van der Waals surface area contributed by atoms with Crippen LogP contribution in [0.25, 0.3) is 23.2 Å². The third-order valence-corrected chi connectivity index (χ3v) is 4.39. The van der Waals surface area contributed by atoms with E-state index >= 15 is 0 Å². The van der Waals surface area contributed by atoms with Gasteiger partial charge in [0.05, 0.1) is 4.53 Å². The molecule has 0 atom stereocenters. The summed E-state index contributed by atoms with van der Waals surface area (Å²) in [7, 11) is 0. The molecule has 0 N–H and O–H groups in total. The number of pyridine rings is 1. The van der Waals surface area contributed by atoms with Crippen LogP contribution in [0.15, 0.2) is 59.7 Å². The lowest BCUT2D eigenvalue weighted by Gasteiger charge is -1.89. The Bertz CT molecular complexity index is 1110. The molecule has 4 aromatic rings. The predicted molar refractivity (Wildman–Crippen MR) is 95.5 cm³/mol. The van der Waals surface area contributed by atoms with E-state index in [2.05, 4.69) is 15.1 Å². The van der Waals surface area contributed by atoms with E-state index in [0.29, 0.717) is 15.3 Å². The number of fused-ring (bicyclic) bond motifs is 1. The Morgan fingerprint density at radius 1 is 0.958 bits per heavy atom. The molecule has 4 rings (SSSR count). The third-order valence-electron chi connectivity index (χ3n) is 3.43. The summed E-state index contributed by atoms with van der Waals surface area (Å²) in [6.45, 7) is 0. The van der Waals surface area contributed by atoms with E-state index in [1.165, 1.54) is 15.9 Å².